The third-order valence-electron chi connectivity index (χ3n) is 4.92. The van der Waals surface area contributed by atoms with Crippen LogP contribution in [0.15, 0.2) is 0 Å². The van der Waals surface area contributed by atoms with Gasteiger partial charge in [0.15, 0.2) is 0 Å². The Labute approximate surface area is 109 Å². The van der Waals surface area contributed by atoms with Crippen molar-refractivity contribution >= 4 is 6.09 Å². The Morgan fingerprint density at radius 2 is 1.56 bits per heavy atom. The molecule has 1 unspecified atom stereocenters. The first kappa shape index (κ1) is 13.7. The Kier molecular flexibility index (Phi) is 3.85. The van der Waals surface area contributed by atoms with E-state index >= 15 is 0 Å². The molecule has 4 aliphatic rings. The summed E-state index contributed by atoms with van der Waals surface area (Å²) in [4.78, 5) is 8.78. The number of nitrogens with two attached hydrogens (primary N) is 2. The molecule has 4 nitrogen and oxygen atoms in total. The molecule has 0 saturated heterocycles. The zero-order valence-corrected chi connectivity index (χ0v) is 11.3. The van der Waals surface area contributed by atoms with Gasteiger partial charge in [-0.2, -0.15) is 0 Å². The molecule has 4 bridgehead atoms. The van der Waals surface area contributed by atoms with Crippen LogP contribution in [-0.2, 0) is 0 Å². The molecule has 104 valence electrons. The fraction of sp³-hybridized carbons (Fsp3) is 0.929. The SMILES string of the molecule is CC(N)CC12CC3CC(CC(C3)C1)C2.NC(=O)O. The maximum Gasteiger partial charge on any atom is 0.402 e. The van der Waals surface area contributed by atoms with Gasteiger partial charge in [-0.05, 0) is 75.0 Å². The molecule has 0 heterocycles. The molecule has 4 saturated carbocycles. The monoisotopic (exact) mass is 254 g/mol. The Bertz CT molecular complexity index is 270. The van der Waals surface area contributed by atoms with Crippen molar-refractivity contribution < 1.29 is 9.90 Å². The average Bonchev–Trinajstić information content (AvgIpc) is 2.10. The predicted octanol–water partition coefficient (Wildman–Crippen LogP) is 2.56. The number of hydrogen-bond acceptors (Lipinski definition) is 2. The molecule has 4 aliphatic carbocycles. The van der Waals surface area contributed by atoms with Crippen LogP contribution in [0, 0.1) is 23.2 Å². The van der Waals surface area contributed by atoms with Crippen molar-refractivity contribution in [3.05, 3.63) is 0 Å². The van der Waals surface area contributed by atoms with Crippen LogP contribution < -0.4 is 11.5 Å². The number of rotatable bonds is 2. The van der Waals surface area contributed by atoms with Crippen LogP contribution in [0.25, 0.3) is 0 Å². The van der Waals surface area contributed by atoms with E-state index in [2.05, 4.69) is 12.7 Å². The van der Waals surface area contributed by atoms with Crippen LogP contribution in [0.2, 0.25) is 0 Å². The van der Waals surface area contributed by atoms with E-state index in [1.165, 1.54) is 25.7 Å². The van der Waals surface area contributed by atoms with Crippen molar-refractivity contribution in [3.8, 4) is 0 Å². The standard InChI is InChI=1S/C13H23N.CH3NO2/c1-9(14)5-13-6-10-2-11(7-13)4-12(3-10)8-13;2-1(3)4/h9-12H,2-8,14H2,1H3;2H2,(H,3,4). The van der Waals surface area contributed by atoms with Crippen molar-refractivity contribution in [2.75, 3.05) is 0 Å². The Hall–Kier alpha value is -0.770. The summed E-state index contributed by atoms with van der Waals surface area (Å²) < 4.78 is 0. The predicted molar refractivity (Wildman–Crippen MR) is 71.1 cm³/mol. The van der Waals surface area contributed by atoms with Crippen LogP contribution in [-0.4, -0.2) is 17.2 Å². The van der Waals surface area contributed by atoms with Crippen LogP contribution in [0.5, 0.6) is 0 Å². The van der Waals surface area contributed by atoms with Gasteiger partial charge in [-0.15, -0.1) is 0 Å². The lowest BCUT2D eigenvalue weighted by Crippen LogP contribution is -2.47. The number of amides is 1. The van der Waals surface area contributed by atoms with E-state index in [0.717, 1.165) is 17.8 Å². The third kappa shape index (κ3) is 3.16. The summed E-state index contributed by atoms with van der Waals surface area (Å²) in [6.45, 7) is 2.19. The highest BCUT2D eigenvalue weighted by molar-refractivity contribution is 5.61. The van der Waals surface area contributed by atoms with Crippen molar-refractivity contribution in [2.45, 2.75) is 57.9 Å². The molecule has 0 aromatic heterocycles. The summed E-state index contributed by atoms with van der Waals surface area (Å²) in [7, 11) is 0. The number of carbonyl (C=O) groups is 1. The van der Waals surface area contributed by atoms with Gasteiger partial charge in [0.25, 0.3) is 0 Å². The van der Waals surface area contributed by atoms with E-state index in [9.17, 15) is 0 Å². The zero-order valence-electron chi connectivity index (χ0n) is 11.3. The van der Waals surface area contributed by atoms with Gasteiger partial charge in [0.2, 0.25) is 0 Å². The first-order chi connectivity index (χ1) is 8.38. The summed E-state index contributed by atoms with van der Waals surface area (Å²) in [5.74, 6) is 3.25. The molecular weight excluding hydrogens is 228 g/mol. The van der Waals surface area contributed by atoms with Crippen LogP contribution in [0.1, 0.15) is 51.9 Å². The lowest BCUT2D eigenvalue weighted by Gasteiger charge is -2.57. The van der Waals surface area contributed by atoms with Gasteiger partial charge in [-0.25, -0.2) is 4.79 Å². The first-order valence-corrected chi connectivity index (χ1v) is 7.12. The van der Waals surface area contributed by atoms with Crippen LogP contribution in [0.3, 0.4) is 0 Å². The molecule has 0 radical (unpaired) electrons. The molecule has 0 spiro atoms. The number of primary amides is 1. The van der Waals surface area contributed by atoms with E-state index in [0.29, 0.717) is 11.5 Å². The quantitative estimate of drug-likeness (QED) is 0.707. The highest BCUT2D eigenvalue weighted by Crippen LogP contribution is 2.61. The van der Waals surface area contributed by atoms with Gasteiger partial charge in [-0.3, -0.25) is 0 Å². The first-order valence-electron chi connectivity index (χ1n) is 7.12. The fourth-order valence-corrected chi connectivity index (χ4v) is 5.22. The van der Waals surface area contributed by atoms with Crippen molar-refractivity contribution in [1.82, 2.24) is 0 Å². The summed E-state index contributed by atoms with van der Waals surface area (Å²) in [5, 5.41) is 7.19. The normalized spacial score (nSPS) is 42.0. The summed E-state index contributed by atoms with van der Waals surface area (Å²) in [6, 6.07) is 0.422. The molecule has 4 heteroatoms. The number of hydrogen-bond donors (Lipinski definition) is 3. The second-order valence-electron chi connectivity index (χ2n) is 6.94. The van der Waals surface area contributed by atoms with E-state index in [4.69, 9.17) is 15.6 Å². The average molecular weight is 254 g/mol. The fourth-order valence-electron chi connectivity index (χ4n) is 5.22. The molecule has 4 fully saturated rings. The molecule has 18 heavy (non-hydrogen) atoms. The van der Waals surface area contributed by atoms with Crippen LogP contribution >= 0.6 is 0 Å². The minimum absolute atomic E-state index is 0.422. The van der Waals surface area contributed by atoms with Gasteiger partial charge < -0.3 is 16.6 Å². The zero-order chi connectivity index (χ0) is 13.3. The molecule has 0 aliphatic heterocycles. The van der Waals surface area contributed by atoms with Gasteiger partial charge >= 0.3 is 6.09 Å². The minimum Gasteiger partial charge on any atom is -0.465 e. The molecular formula is C14H26N2O2. The summed E-state index contributed by atoms with van der Waals surface area (Å²) >= 11 is 0. The third-order valence-corrected chi connectivity index (χ3v) is 4.92. The molecule has 0 aromatic rings. The largest absolute Gasteiger partial charge is 0.465 e. The molecule has 0 aromatic carbocycles. The molecule has 1 atom stereocenters. The molecule has 5 N–H and O–H groups in total. The Morgan fingerprint density at radius 1 is 1.22 bits per heavy atom. The van der Waals surface area contributed by atoms with Gasteiger partial charge in [0, 0.05) is 6.04 Å². The molecule has 4 rings (SSSR count). The second kappa shape index (κ2) is 5.08. The highest BCUT2D eigenvalue weighted by atomic mass is 16.4. The van der Waals surface area contributed by atoms with Crippen molar-refractivity contribution in [2.24, 2.45) is 34.6 Å². The Morgan fingerprint density at radius 3 is 1.83 bits per heavy atom. The topological polar surface area (TPSA) is 89.3 Å². The maximum absolute atomic E-state index is 8.78. The van der Waals surface area contributed by atoms with Gasteiger partial charge in [-0.1, -0.05) is 0 Å². The number of carboxylic acid groups (broad SMARTS) is 1. The minimum atomic E-state index is -1.33. The summed E-state index contributed by atoms with van der Waals surface area (Å²) in [5.41, 5.74) is 10.7. The van der Waals surface area contributed by atoms with Gasteiger partial charge in [0.1, 0.15) is 0 Å². The molecule has 1 amide bonds. The van der Waals surface area contributed by atoms with E-state index < -0.39 is 6.09 Å². The second-order valence-corrected chi connectivity index (χ2v) is 6.94. The van der Waals surface area contributed by atoms with Crippen molar-refractivity contribution in [3.63, 3.8) is 0 Å². The summed E-state index contributed by atoms with van der Waals surface area (Å²) in [6.07, 6.45) is 9.17. The van der Waals surface area contributed by atoms with Gasteiger partial charge in [0.05, 0.1) is 0 Å². The van der Waals surface area contributed by atoms with E-state index in [1.807, 2.05) is 0 Å². The van der Waals surface area contributed by atoms with E-state index in [1.54, 1.807) is 19.3 Å². The van der Waals surface area contributed by atoms with Crippen LogP contribution in [0.4, 0.5) is 4.79 Å². The lowest BCUT2D eigenvalue weighted by molar-refractivity contribution is -0.0595. The Balaban J connectivity index is 0.000000267. The lowest BCUT2D eigenvalue weighted by atomic mass is 9.48. The highest BCUT2D eigenvalue weighted by Gasteiger charge is 2.50. The smallest absolute Gasteiger partial charge is 0.402 e. The maximum atomic E-state index is 8.78. The van der Waals surface area contributed by atoms with Crippen molar-refractivity contribution in [1.29, 1.82) is 0 Å². The van der Waals surface area contributed by atoms with E-state index in [-0.39, 0.29) is 0 Å².